The van der Waals surface area contributed by atoms with Gasteiger partial charge in [-0.1, -0.05) is 36.4 Å². The molecule has 2 aliphatic rings. The van der Waals surface area contributed by atoms with Gasteiger partial charge in [0.15, 0.2) is 5.60 Å². The molecule has 1 fully saturated rings. The lowest BCUT2D eigenvalue weighted by Crippen LogP contribution is -2.32. The summed E-state index contributed by atoms with van der Waals surface area (Å²) >= 11 is 0. The van der Waals surface area contributed by atoms with Crippen LogP contribution in [0.15, 0.2) is 54.6 Å². The molecule has 5 heteroatoms. The summed E-state index contributed by atoms with van der Waals surface area (Å²) in [5.74, 6) is -0.711. The Balaban J connectivity index is 1.52. The standard InChI is InChI=1S/C18H15NO4/c20-16(13-6-2-1-3-7-13)23-19-11-10-18(12-19)15-9-5-4-8-14(15)17(21)22-18/h1-9H,10-12H2. The van der Waals surface area contributed by atoms with Crippen LogP contribution in [-0.4, -0.2) is 30.1 Å². The minimum Gasteiger partial charge on any atom is -0.449 e. The fourth-order valence-corrected chi connectivity index (χ4v) is 3.22. The van der Waals surface area contributed by atoms with Crippen LogP contribution in [0.25, 0.3) is 0 Å². The average Bonchev–Trinajstić information content (AvgIpc) is 3.11. The van der Waals surface area contributed by atoms with Crippen molar-refractivity contribution in [2.24, 2.45) is 0 Å². The van der Waals surface area contributed by atoms with E-state index in [0.717, 1.165) is 5.56 Å². The van der Waals surface area contributed by atoms with Gasteiger partial charge in [0.05, 0.1) is 17.7 Å². The molecule has 2 aliphatic heterocycles. The van der Waals surface area contributed by atoms with Crippen molar-refractivity contribution in [2.45, 2.75) is 12.0 Å². The van der Waals surface area contributed by atoms with Gasteiger partial charge in [0.1, 0.15) is 0 Å². The SMILES string of the molecule is O=C(ON1CCC2(C1)OC(=O)c1ccccc12)c1ccccc1. The van der Waals surface area contributed by atoms with Crippen molar-refractivity contribution >= 4 is 11.9 Å². The molecule has 0 N–H and O–H groups in total. The van der Waals surface area contributed by atoms with Crippen LogP contribution in [0.5, 0.6) is 0 Å². The largest absolute Gasteiger partial charge is 0.449 e. The second-order valence-electron chi connectivity index (χ2n) is 5.79. The van der Waals surface area contributed by atoms with Gasteiger partial charge in [0.25, 0.3) is 0 Å². The average molecular weight is 309 g/mol. The lowest BCUT2D eigenvalue weighted by Gasteiger charge is -2.23. The zero-order valence-electron chi connectivity index (χ0n) is 12.4. The number of ether oxygens (including phenoxy) is 1. The monoisotopic (exact) mass is 309 g/mol. The van der Waals surface area contributed by atoms with E-state index in [9.17, 15) is 9.59 Å². The van der Waals surface area contributed by atoms with Crippen LogP contribution in [0.2, 0.25) is 0 Å². The number of carbonyl (C=O) groups is 2. The molecule has 5 nitrogen and oxygen atoms in total. The van der Waals surface area contributed by atoms with E-state index >= 15 is 0 Å². The normalized spacial score (nSPS) is 22.9. The molecule has 1 saturated heterocycles. The van der Waals surface area contributed by atoms with E-state index in [4.69, 9.17) is 9.57 Å². The number of hydroxylamine groups is 2. The van der Waals surface area contributed by atoms with Crippen LogP contribution in [0.4, 0.5) is 0 Å². The molecule has 2 aromatic rings. The molecule has 0 bridgehead atoms. The summed E-state index contributed by atoms with van der Waals surface area (Å²) in [5.41, 5.74) is 1.27. The van der Waals surface area contributed by atoms with Crippen LogP contribution >= 0.6 is 0 Å². The van der Waals surface area contributed by atoms with Gasteiger partial charge in [-0.2, -0.15) is 0 Å². The highest BCUT2D eigenvalue weighted by Crippen LogP contribution is 2.43. The van der Waals surface area contributed by atoms with Gasteiger partial charge in [-0.25, -0.2) is 9.59 Å². The Morgan fingerprint density at radius 2 is 1.83 bits per heavy atom. The van der Waals surface area contributed by atoms with Gasteiger partial charge in [-0.3, -0.25) is 0 Å². The zero-order valence-corrected chi connectivity index (χ0v) is 12.4. The molecule has 2 aromatic carbocycles. The van der Waals surface area contributed by atoms with Gasteiger partial charge in [0, 0.05) is 18.5 Å². The third kappa shape index (κ3) is 2.29. The van der Waals surface area contributed by atoms with Crippen LogP contribution in [0, 0.1) is 0 Å². The van der Waals surface area contributed by atoms with Crippen LogP contribution in [0.3, 0.4) is 0 Å². The first kappa shape index (κ1) is 14.0. The predicted octanol–water partition coefficient (Wildman–Crippen LogP) is 2.53. The maximum Gasteiger partial charge on any atom is 0.357 e. The Morgan fingerprint density at radius 3 is 2.65 bits per heavy atom. The van der Waals surface area contributed by atoms with E-state index in [1.54, 1.807) is 35.4 Å². The van der Waals surface area contributed by atoms with Gasteiger partial charge in [-0.05, 0) is 18.2 Å². The second kappa shape index (κ2) is 5.21. The third-order valence-electron chi connectivity index (χ3n) is 4.34. The van der Waals surface area contributed by atoms with Crippen LogP contribution < -0.4 is 0 Å². The molecule has 1 spiro atoms. The van der Waals surface area contributed by atoms with Crippen molar-refractivity contribution in [2.75, 3.05) is 13.1 Å². The number of carbonyl (C=O) groups excluding carboxylic acids is 2. The van der Waals surface area contributed by atoms with Gasteiger partial charge < -0.3 is 9.57 Å². The first-order valence-corrected chi connectivity index (χ1v) is 7.53. The number of benzene rings is 2. The van der Waals surface area contributed by atoms with E-state index in [1.165, 1.54) is 0 Å². The molecule has 2 heterocycles. The van der Waals surface area contributed by atoms with Crippen molar-refractivity contribution in [3.8, 4) is 0 Å². The summed E-state index contributed by atoms with van der Waals surface area (Å²) in [6.07, 6.45) is 0.609. The minimum absolute atomic E-state index is 0.308. The number of fused-ring (bicyclic) bond motifs is 2. The number of esters is 1. The summed E-state index contributed by atoms with van der Waals surface area (Å²) in [6.45, 7) is 0.883. The molecule has 0 aromatic heterocycles. The summed E-state index contributed by atoms with van der Waals surface area (Å²) in [5, 5.41) is 1.57. The summed E-state index contributed by atoms with van der Waals surface area (Å²) < 4.78 is 5.63. The van der Waals surface area contributed by atoms with Crippen LogP contribution in [-0.2, 0) is 15.2 Å². The highest BCUT2D eigenvalue weighted by atomic mass is 16.7. The number of hydrogen-bond donors (Lipinski definition) is 0. The van der Waals surface area contributed by atoms with Crippen molar-refractivity contribution < 1.29 is 19.2 Å². The summed E-state index contributed by atoms with van der Waals surface area (Å²) in [6, 6.07) is 16.2. The molecule has 0 aliphatic carbocycles. The fourth-order valence-electron chi connectivity index (χ4n) is 3.22. The lowest BCUT2D eigenvalue weighted by molar-refractivity contribution is -0.108. The lowest BCUT2D eigenvalue weighted by atomic mass is 9.92. The first-order chi connectivity index (χ1) is 11.2. The third-order valence-corrected chi connectivity index (χ3v) is 4.34. The quantitative estimate of drug-likeness (QED) is 0.798. The maximum absolute atomic E-state index is 12.1. The minimum atomic E-state index is -0.704. The highest BCUT2D eigenvalue weighted by Gasteiger charge is 2.50. The van der Waals surface area contributed by atoms with Gasteiger partial charge in [-0.15, -0.1) is 5.06 Å². The Hall–Kier alpha value is -2.66. The van der Waals surface area contributed by atoms with Crippen LogP contribution in [0.1, 0.15) is 32.7 Å². The number of rotatable bonds is 2. The topological polar surface area (TPSA) is 55.8 Å². The second-order valence-corrected chi connectivity index (χ2v) is 5.79. The summed E-state index contributed by atoms with van der Waals surface area (Å²) in [4.78, 5) is 29.6. The van der Waals surface area contributed by atoms with E-state index in [1.807, 2.05) is 24.3 Å². The van der Waals surface area contributed by atoms with E-state index in [0.29, 0.717) is 30.6 Å². The number of nitrogens with zero attached hydrogens (tertiary/aromatic N) is 1. The molecule has 116 valence electrons. The molecule has 4 rings (SSSR count). The van der Waals surface area contributed by atoms with Crippen molar-refractivity contribution in [1.29, 1.82) is 0 Å². The van der Waals surface area contributed by atoms with E-state index in [2.05, 4.69) is 0 Å². The summed E-state index contributed by atoms with van der Waals surface area (Å²) in [7, 11) is 0. The van der Waals surface area contributed by atoms with Crippen molar-refractivity contribution in [3.63, 3.8) is 0 Å². The maximum atomic E-state index is 12.1. The Kier molecular flexibility index (Phi) is 3.16. The Morgan fingerprint density at radius 1 is 1.09 bits per heavy atom. The molecule has 23 heavy (non-hydrogen) atoms. The van der Waals surface area contributed by atoms with Crippen molar-refractivity contribution in [3.05, 3.63) is 71.3 Å². The number of hydrogen-bond acceptors (Lipinski definition) is 5. The molecular weight excluding hydrogens is 294 g/mol. The van der Waals surface area contributed by atoms with E-state index < -0.39 is 11.6 Å². The first-order valence-electron chi connectivity index (χ1n) is 7.53. The van der Waals surface area contributed by atoms with Gasteiger partial charge >= 0.3 is 11.9 Å². The van der Waals surface area contributed by atoms with E-state index in [-0.39, 0.29) is 5.97 Å². The smallest absolute Gasteiger partial charge is 0.357 e. The molecule has 0 amide bonds. The Bertz CT molecular complexity index is 774. The zero-order chi connectivity index (χ0) is 15.9. The molecule has 0 radical (unpaired) electrons. The molecular formula is C18H15NO4. The molecule has 0 saturated carbocycles. The predicted molar refractivity (Wildman–Crippen MR) is 81.6 cm³/mol. The van der Waals surface area contributed by atoms with Crippen molar-refractivity contribution in [1.82, 2.24) is 5.06 Å². The molecule has 1 unspecified atom stereocenters. The Labute approximate surface area is 133 Å². The molecule has 1 atom stereocenters. The fraction of sp³-hybridized carbons (Fsp3) is 0.222. The highest BCUT2D eigenvalue weighted by molar-refractivity contribution is 5.95. The van der Waals surface area contributed by atoms with Gasteiger partial charge in [0.2, 0.25) is 0 Å².